The summed E-state index contributed by atoms with van der Waals surface area (Å²) in [4.78, 5) is 14.0. The minimum Gasteiger partial charge on any atom is -0.399 e. The summed E-state index contributed by atoms with van der Waals surface area (Å²) in [6.07, 6.45) is 1.07. The molecular weight excluding hydrogens is 280 g/mol. The number of nitrogen functional groups attached to an aromatic ring is 1. The lowest BCUT2D eigenvalue weighted by atomic mass is 10.1. The molecule has 0 spiro atoms. The number of anilines is 1. The molecule has 0 heterocycles. The predicted octanol–water partition coefficient (Wildman–Crippen LogP) is 3.15. The Balaban J connectivity index is 2.85. The molecule has 0 saturated heterocycles. The molecule has 94 valence electrons. The fourth-order valence-electron chi connectivity index (χ4n) is 1.59. The average Bonchev–Trinajstić information content (AvgIpc) is 2.31. The Morgan fingerprint density at radius 1 is 1.53 bits per heavy atom. The molecule has 17 heavy (non-hydrogen) atoms. The number of halogens is 1. The Morgan fingerprint density at radius 2 is 2.18 bits per heavy atom. The lowest BCUT2D eigenvalue weighted by Crippen LogP contribution is -2.31. The molecule has 0 radical (unpaired) electrons. The highest BCUT2D eigenvalue weighted by Crippen LogP contribution is 2.21. The molecule has 1 amide bonds. The highest BCUT2D eigenvalue weighted by Gasteiger charge is 2.16. The van der Waals surface area contributed by atoms with Crippen molar-refractivity contribution in [2.24, 2.45) is 5.92 Å². The fourth-order valence-corrected chi connectivity index (χ4v) is 2.01. The van der Waals surface area contributed by atoms with Crippen LogP contribution in [0.15, 0.2) is 22.7 Å². The van der Waals surface area contributed by atoms with E-state index < -0.39 is 0 Å². The van der Waals surface area contributed by atoms with Crippen molar-refractivity contribution < 1.29 is 4.79 Å². The van der Waals surface area contributed by atoms with Crippen LogP contribution in [0, 0.1) is 5.92 Å². The smallest absolute Gasteiger partial charge is 0.254 e. The Bertz CT molecular complexity index is 406. The van der Waals surface area contributed by atoms with Crippen LogP contribution < -0.4 is 5.73 Å². The van der Waals surface area contributed by atoms with Crippen LogP contribution in [0.2, 0.25) is 0 Å². The summed E-state index contributed by atoms with van der Waals surface area (Å²) in [5, 5.41) is 0. The lowest BCUT2D eigenvalue weighted by Gasteiger charge is -2.21. The highest BCUT2D eigenvalue weighted by molar-refractivity contribution is 9.10. The van der Waals surface area contributed by atoms with Gasteiger partial charge in [-0.25, -0.2) is 0 Å². The summed E-state index contributed by atoms with van der Waals surface area (Å²) < 4.78 is 0.785. The van der Waals surface area contributed by atoms with Crippen LogP contribution in [0.3, 0.4) is 0 Å². The number of carbonyl (C=O) groups excluding carboxylic acids is 1. The number of hydrogen-bond acceptors (Lipinski definition) is 2. The van der Waals surface area contributed by atoms with Gasteiger partial charge in [0, 0.05) is 23.8 Å². The first-order valence-corrected chi connectivity index (χ1v) is 6.55. The highest BCUT2D eigenvalue weighted by atomic mass is 79.9. The van der Waals surface area contributed by atoms with Gasteiger partial charge in [0.05, 0.1) is 5.56 Å². The van der Waals surface area contributed by atoms with E-state index in [9.17, 15) is 4.79 Å². The van der Waals surface area contributed by atoms with Crippen LogP contribution in [0.4, 0.5) is 5.69 Å². The van der Waals surface area contributed by atoms with E-state index >= 15 is 0 Å². The Morgan fingerprint density at radius 3 is 2.76 bits per heavy atom. The number of nitrogens with two attached hydrogens (primary N) is 1. The molecule has 1 unspecified atom stereocenters. The largest absolute Gasteiger partial charge is 0.399 e. The maximum atomic E-state index is 12.2. The van der Waals surface area contributed by atoms with Crippen LogP contribution >= 0.6 is 15.9 Å². The number of nitrogens with zero attached hydrogens (tertiary/aromatic N) is 1. The van der Waals surface area contributed by atoms with Crippen molar-refractivity contribution in [1.29, 1.82) is 0 Å². The maximum absolute atomic E-state index is 12.2. The van der Waals surface area contributed by atoms with E-state index in [1.807, 2.05) is 7.05 Å². The van der Waals surface area contributed by atoms with Crippen LogP contribution in [0.1, 0.15) is 30.6 Å². The summed E-state index contributed by atoms with van der Waals surface area (Å²) >= 11 is 3.38. The fraction of sp³-hybridized carbons (Fsp3) is 0.462. The third-order valence-electron chi connectivity index (χ3n) is 2.85. The lowest BCUT2D eigenvalue weighted by molar-refractivity contribution is 0.0774. The molecular formula is C13H19BrN2O. The monoisotopic (exact) mass is 298 g/mol. The number of amides is 1. The standard InChI is InChI=1S/C13H19BrN2O/c1-4-9(2)8-16(3)13(17)11-7-10(15)5-6-12(11)14/h5-7,9H,4,8,15H2,1-3H3. The van der Waals surface area contributed by atoms with E-state index in [4.69, 9.17) is 5.73 Å². The number of rotatable bonds is 4. The summed E-state index contributed by atoms with van der Waals surface area (Å²) in [6.45, 7) is 5.02. The van der Waals surface area contributed by atoms with Crippen molar-refractivity contribution in [3.8, 4) is 0 Å². The molecule has 3 nitrogen and oxygen atoms in total. The normalized spacial score (nSPS) is 12.2. The molecule has 0 saturated carbocycles. The van der Waals surface area contributed by atoms with Gasteiger partial charge in [-0.1, -0.05) is 20.3 Å². The molecule has 0 aliphatic rings. The van der Waals surface area contributed by atoms with Gasteiger partial charge in [0.2, 0.25) is 0 Å². The van der Waals surface area contributed by atoms with Crippen LogP contribution in [-0.2, 0) is 0 Å². The van der Waals surface area contributed by atoms with Crippen LogP contribution in [0.5, 0.6) is 0 Å². The van der Waals surface area contributed by atoms with Crippen molar-refractivity contribution in [3.05, 3.63) is 28.2 Å². The van der Waals surface area contributed by atoms with Gasteiger partial charge in [-0.15, -0.1) is 0 Å². The molecule has 4 heteroatoms. The SMILES string of the molecule is CCC(C)CN(C)C(=O)c1cc(N)ccc1Br. The van der Waals surface area contributed by atoms with Crippen LogP contribution in [0.25, 0.3) is 0 Å². The second-order valence-electron chi connectivity index (χ2n) is 4.44. The number of benzene rings is 1. The Labute approximate surface area is 111 Å². The average molecular weight is 299 g/mol. The van der Waals surface area contributed by atoms with Crippen molar-refractivity contribution in [2.75, 3.05) is 19.3 Å². The van der Waals surface area contributed by atoms with E-state index in [0.717, 1.165) is 17.4 Å². The summed E-state index contributed by atoms with van der Waals surface area (Å²) in [6, 6.07) is 5.29. The first-order chi connectivity index (χ1) is 7.95. The maximum Gasteiger partial charge on any atom is 0.254 e. The van der Waals surface area contributed by atoms with E-state index in [-0.39, 0.29) is 5.91 Å². The minimum absolute atomic E-state index is 0.00414. The summed E-state index contributed by atoms with van der Waals surface area (Å²) in [5.41, 5.74) is 6.93. The minimum atomic E-state index is 0.00414. The quantitative estimate of drug-likeness (QED) is 0.868. The van der Waals surface area contributed by atoms with E-state index in [1.165, 1.54) is 0 Å². The zero-order valence-electron chi connectivity index (χ0n) is 10.5. The zero-order chi connectivity index (χ0) is 13.0. The van der Waals surface area contributed by atoms with Crippen molar-refractivity contribution in [2.45, 2.75) is 20.3 Å². The topological polar surface area (TPSA) is 46.3 Å². The molecule has 0 aliphatic heterocycles. The molecule has 0 fully saturated rings. The van der Waals surface area contributed by atoms with Gasteiger partial charge >= 0.3 is 0 Å². The second-order valence-corrected chi connectivity index (χ2v) is 5.29. The van der Waals surface area contributed by atoms with Crippen molar-refractivity contribution in [1.82, 2.24) is 4.90 Å². The predicted molar refractivity (Wildman–Crippen MR) is 75.0 cm³/mol. The van der Waals surface area contributed by atoms with Gasteiger partial charge in [0.25, 0.3) is 5.91 Å². The summed E-state index contributed by atoms with van der Waals surface area (Å²) in [5.74, 6) is 0.508. The molecule has 0 bridgehead atoms. The molecule has 0 aliphatic carbocycles. The van der Waals surface area contributed by atoms with Gasteiger partial charge in [0.1, 0.15) is 0 Å². The molecule has 2 N–H and O–H groups in total. The first kappa shape index (κ1) is 14.0. The third kappa shape index (κ3) is 3.73. The van der Waals surface area contributed by atoms with Gasteiger partial charge in [-0.3, -0.25) is 4.79 Å². The molecule has 1 aromatic carbocycles. The molecule has 0 aromatic heterocycles. The summed E-state index contributed by atoms with van der Waals surface area (Å²) in [7, 11) is 1.82. The number of hydrogen-bond donors (Lipinski definition) is 1. The second kappa shape index (κ2) is 6.05. The van der Waals surface area contributed by atoms with E-state index in [2.05, 4.69) is 29.8 Å². The van der Waals surface area contributed by atoms with Gasteiger partial charge < -0.3 is 10.6 Å². The Kier molecular flexibility index (Phi) is 5.00. The third-order valence-corrected chi connectivity index (χ3v) is 3.54. The zero-order valence-corrected chi connectivity index (χ0v) is 12.1. The van der Waals surface area contributed by atoms with Crippen molar-refractivity contribution in [3.63, 3.8) is 0 Å². The van der Waals surface area contributed by atoms with Gasteiger partial charge in [-0.05, 0) is 40.0 Å². The van der Waals surface area contributed by atoms with Crippen LogP contribution in [-0.4, -0.2) is 24.4 Å². The van der Waals surface area contributed by atoms with Crippen molar-refractivity contribution >= 4 is 27.5 Å². The van der Waals surface area contributed by atoms with Gasteiger partial charge in [0.15, 0.2) is 0 Å². The van der Waals surface area contributed by atoms with E-state index in [0.29, 0.717) is 17.2 Å². The first-order valence-electron chi connectivity index (χ1n) is 5.76. The van der Waals surface area contributed by atoms with E-state index in [1.54, 1.807) is 23.1 Å². The Hall–Kier alpha value is -1.03. The molecule has 1 atom stereocenters. The molecule has 1 rings (SSSR count). The molecule has 1 aromatic rings. The van der Waals surface area contributed by atoms with Gasteiger partial charge in [-0.2, -0.15) is 0 Å². The number of carbonyl (C=O) groups is 1.